The number of rotatable bonds is 2. The number of aliphatic imine (C=N–C) groups is 1. The van der Waals surface area contributed by atoms with Gasteiger partial charge in [0.2, 0.25) is 0 Å². The van der Waals surface area contributed by atoms with Crippen LogP contribution in [0.2, 0.25) is 0 Å². The van der Waals surface area contributed by atoms with E-state index in [9.17, 15) is 0 Å². The molecule has 0 bridgehead atoms. The van der Waals surface area contributed by atoms with Crippen LogP contribution in [0.5, 0.6) is 0 Å². The first-order valence-corrected chi connectivity index (χ1v) is 3.58. The Kier molecular flexibility index (Phi) is 3.13. The van der Waals surface area contributed by atoms with Crippen LogP contribution in [0.15, 0.2) is 53.6 Å². The molecule has 0 amide bonds. The van der Waals surface area contributed by atoms with Gasteiger partial charge in [0, 0.05) is 6.21 Å². The lowest BCUT2D eigenvalue weighted by Crippen LogP contribution is -1.89. The van der Waals surface area contributed by atoms with Gasteiger partial charge in [0.05, 0.1) is 6.54 Å². The molecule has 0 aromatic carbocycles. The molecule has 1 nitrogen and oxygen atoms in total. The first-order chi connectivity index (χ1) is 5.43. The molecule has 1 aliphatic rings. The average molecular weight is 145 g/mol. The average Bonchev–Trinajstić information content (AvgIpc) is 2.07. The maximum Gasteiger partial charge on any atom is 0.0639 e. The van der Waals surface area contributed by atoms with Crippen molar-refractivity contribution < 1.29 is 0 Å². The van der Waals surface area contributed by atoms with Crippen molar-refractivity contribution in [1.82, 2.24) is 0 Å². The van der Waals surface area contributed by atoms with Gasteiger partial charge in [0.15, 0.2) is 0 Å². The van der Waals surface area contributed by atoms with Gasteiger partial charge in [0.25, 0.3) is 0 Å². The third-order valence-electron chi connectivity index (χ3n) is 1.33. The Morgan fingerprint density at radius 3 is 3.00 bits per heavy atom. The quantitative estimate of drug-likeness (QED) is 0.529. The van der Waals surface area contributed by atoms with Crippen molar-refractivity contribution in [2.45, 2.75) is 0 Å². The van der Waals surface area contributed by atoms with Gasteiger partial charge in [-0.1, -0.05) is 37.0 Å². The molecular formula is C10H11N. The van der Waals surface area contributed by atoms with E-state index in [0.717, 1.165) is 6.54 Å². The lowest BCUT2D eigenvalue weighted by molar-refractivity contribution is 1.18. The Morgan fingerprint density at radius 2 is 2.36 bits per heavy atom. The van der Waals surface area contributed by atoms with E-state index in [-0.39, 0.29) is 0 Å². The Labute approximate surface area is 67.2 Å². The summed E-state index contributed by atoms with van der Waals surface area (Å²) in [6.07, 6.45) is 13.5. The van der Waals surface area contributed by atoms with Gasteiger partial charge in [-0.3, -0.25) is 4.99 Å². The Hall–Kier alpha value is -1.37. The van der Waals surface area contributed by atoms with Crippen molar-refractivity contribution in [3.05, 3.63) is 48.6 Å². The summed E-state index contributed by atoms with van der Waals surface area (Å²) in [4.78, 5) is 4.10. The van der Waals surface area contributed by atoms with Crippen molar-refractivity contribution in [3.63, 3.8) is 0 Å². The molecule has 11 heavy (non-hydrogen) atoms. The highest BCUT2D eigenvalue weighted by Crippen LogP contribution is 2.01. The lowest BCUT2D eigenvalue weighted by atomic mass is 10.2. The van der Waals surface area contributed by atoms with Crippen LogP contribution in [-0.4, -0.2) is 12.8 Å². The number of hydrogen-bond acceptors (Lipinski definition) is 1. The summed E-state index contributed by atoms with van der Waals surface area (Å²) >= 11 is 0. The number of nitrogens with zero attached hydrogens (tertiary/aromatic N) is 1. The van der Waals surface area contributed by atoms with Crippen molar-refractivity contribution in [3.8, 4) is 0 Å². The summed E-state index contributed by atoms with van der Waals surface area (Å²) in [7, 11) is 0. The van der Waals surface area contributed by atoms with Crippen molar-refractivity contribution in [2.75, 3.05) is 6.54 Å². The minimum atomic E-state index is 0.790. The number of dihydropyridines is 1. The molecule has 1 rings (SSSR count). The molecule has 0 aromatic heterocycles. The molecule has 0 fully saturated rings. The van der Waals surface area contributed by atoms with Crippen LogP contribution in [0.4, 0.5) is 0 Å². The molecule has 1 aliphatic heterocycles. The molecule has 0 aliphatic carbocycles. The van der Waals surface area contributed by atoms with Crippen LogP contribution >= 0.6 is 0 Å². The predicted molar refractivity (Wildman–Crippen MR) is 49.9 cm³/mol. The van der Waals surface area contributed by atoms with E-state index < -0.39 is 0 Å². The van der Waals surface area contributed by atoms with E-state index in [1.54, 1.807) is 6.08 Å². The molecular weight excluding hydrogens is 134 g/mol. The highest BCUT2D eigenvalue weighted by molar-refractivity contribution is 5.73. The zero-order valence-electron chi connectivity index (χ0n) is 6.40. The van der Waals surface area contributed by atoms with Crippen LogP contribution in [0.3, 0.4) is 0 Å². The monoisotopic (exact) mass is 145 g/mol. The van der Waals surface area contributed by atoms with E-state index in [4.69, 9.17) is 0 Å². The van der Waals surface area contributed by atoms with E-state index >= 15 is 0 Å². The second-order valence-electron chi connectivity index (χ2n) is 2.21. The topological polar surface area (TPSA) is 12.4 Å². The molecule has 1 heteroatoms. The Morgan fingerprint density at radius 1 is 1.45 bits per heavy atom. The fourth-order valence-corrected chi connectivity index (χ4v) is 0.804. The number of hydrogen-bond donors (Lipinski definition) is 0. The van der Waals surface area contributed by atoms with Gasteiger partial charge in [0.1, 0.15) is 0 Å². The maximum absolute atomic E-state index is 4.10. The first-order valence-electron chi connectivity index (χ1n) is 3.58. The fourth-order valence-electron chi connectivity index (χ4n) is 0.804. The third-order valence-corrected chi connectivity index (χ3v) is 1.33. The SMILES string of the molecule is C=C/C=C\C=C1\C=CC=NC1. The van der Waals surface area contributed by atoms with Crippen LogP contribution in [0.1, 0.15) is 0 Å². The fraction of sp³-hybridized carbons (Fsp3) is 0.100. The van der Waals surface area contributed by atoms with Gasteiger partial charge in [-0.2, -0.15) is 0 Å². The van der Waals surface area contributed by atoms with Gasteiger partial charge in [-0.15, -0.1) is 0 Å². The van der Waals surface area contributed by atoms with E-state index in [0.29, 0.717) is 0 Å². The van der Waals surface area contributed by atoms with E-state index in [1.165, 1.54) is 5.57 Å². The molecule has 56 valence electrons. The largest absolute Gasteiger partial charge is 0.288 e. The molecule has 0 aromatic rings. The van der Waals surface area contributed by atoms with Crippen molar-refractivity contribution in [2.24, 2.45) is 4.99 Å². The summed E-state index contributed by atoms with van der Waals surface area (Å²) < 4.78 is 0. The minimum absolute atomic E-state index is 0.790. The lowest BCUT2D eigenvalue weighted by Gasteiger charge is -1.98. The van der Waals surface area contributed by atoms with Gasteiger partial charge in [-0.25, -0.2) is 0 Å². The highest BCUT2D eigenvalue weighted by Gasteiger charge is 1.90. The Balaban J connectivity index is 2.53. The second kappa shape index (κ2) is 4.45. The molecule has 0 atom stereocenters. The Bertz CT molecular complexity index is 242. The van der Waals surface area contributed by atoms with Crippen LogP contribution in [-0.2, 0) is 0 Å². The van der Waals surface area contributed by atoms with Gasteiger partial charge < -0.3 is 0 Å². The van der Waals surface area contributed by atoms with E-state index in [1.807, 2.05) is 30.5 Å². The smallest absolute Gasteiger partial charge is 0.0639 e. The standard InChI is InChI=1S/C10H11N/c1-2-3-4-6-10-7-5-8-11-9-10/h2-8H,1,9H2/b4-3-,10-6-. The number of allylic oxidation sites excluding steroid dienone is 5. The van der Waals surface area contributed by atoms with Gasteiger partial charge >= 0.3 is 0 Å². The second-order valence-corrected chi connectivity index (χ2v) is 2.21. The van der Waals surface area contributed by atoms with Crippen LogP contribution < -0.4 is 0 Å². The molecule has 0 saturated carbocycles. The molecule has 0 saturated heterocycles. The summed E-state index contributed by atoms with van der Waals surface area (Å²) in [6, 6.07) is 0. The first kappa shape index (κ1) is 7.73. The molecule has 1 heterocycles. The zero-order valence-corrected chi connectivity index (χ0v) is 6.40. The summed E-state index contributed by atoms with van der Waals surface area (Å²) in [5.74, 6) is 0. The zero-order chi connectivity index (χ0) is 7.94. The van der Waals surface area contributed by atoms with Gasteiger partial charge in [-0.05, 0) is 11.6 Å². The van der Waals surface area contributed by atoms with Crippen molar-refractivity contribution >= 4 is 6.21 Å². The van der Waals surface area contributed by atoms with Crippen LogP contribution in [0.25, 0.3) is 0 Å². The minimum Gasteiger partial charge on any atom is -0.288 e. The molecule has 0 spiro atoms. The highest BCUT2D eigenvalue weighted by atomic mass is 14.7. The summed E-state index contributed by atoms with van der Waals surface area (Å²) in [5, 5.41) is 0. The summed E-state index contributed by atoms with van der Waals surface area (Å²) in [6.45, 7) is 4.37. The molecule has 0 N–H and O–H groups in total. The van der Waals surface area contributed by atoms with Crippen LogP contribution in [0, 0.1) is 0 Å². The normalized spacial score (nSPS) is 19.8. The maximum atomic E-state index is 4.10. The molecule has 0 radical (unpaired) electrons. The molecule has 0 unspecified atom stereocenters. The van der Waals surface area contributed by atoms with E-state index in [2.05, 4.69) is 17.6 Å². The predicted octanol–water partition coefficient (Wildman–Crippen LogP) is 2.30. The third kappa shape index (κ3) is 2.80. The van der Waals surface area contributed by atoms with Crippen molar-refractivity contribution in [1.29, 1.82) is 0 Å². The summed E-state index contributed by atoms with van der Waals surface area (Å²) in [5.41, 5.74) is 1.23.